The van der Waals surface area contributed by atoms with E-state index in [9.17, 15) is 13.7 Å². The molecule has 0 N–H and O–H groups in total. The summed E-state index contributed by atoms with van der Waals surface area (Å²) >= 11 is -1.02. The predicted molar refractivity (Wildman–Crippen MR) is 73.2 cm³/mol. The molecule has 2 aromatic carbocycles. The fourth-order valence-electron chi connectivity index (χ4n) is 1.72. The second kappa shape index (κ2) is 5.99. The lowest BCUT2D eigenvalue weighted by Gasteiger charge is -2.05. The Morgan fingerprint density at radius 3 is 2.21 bits per heavy atom. The number of halogens is 1. The highest BCUT2D eigenvalue weighted by Crippen LogP contribution is 2.13. The first-order chi connectivity index (χ1) is 9.06. The van der Waals surface area contributed by atoms with Gasteiger partial charge in [-0.1, -0.05) is 12.1 Å². The molecule has 1 atom stereocenters. The first-order valence-corrected chi connectivity index (χ1v) is 7.33. The highest BCUT2D eigenvalue weighted by molar-refractivity contribution is 7.90. The van der Waals surface area contributed by atoms with Gasteiger partial charge in [0.05, 0.1) is 0 Å². The summed E-state index contributed by atoms with van der Waals surface area (Å²) in [6.07, 6.45) is 1.86. The van der Waals surface area contributed by atoms with Crippen LogP contribution in [0.4, 0.5) is 4.39 Å². The number of benzene rings is 2. The van der Waals surface area contributed by atoms with Gasteiger partial charge in [-0.25, -0.2) is 4.39 Å². The van der Waals surface area contributed by atoms with Crippen LogP contribution < -0.4 is 0 Å². The minimum absolute atomic E-state index is 0.0645. The van der Waals surface area contributed by atoms with E-state index in [1.165, 1.54) is 24.3 Å². The zero-order valence-corrected chi connectivity index (χ0v) is 11.2. The molecule has 4 heteroatoms. The van der Waals surface area contributed by atoms with Gasteiger partial charge in [0.15, 0.2) is 10.7 Å². The molecule has 2 nitrogen and oxygen atoms in total. The third-order valence-electron chi connectivity index (χ3n) is 2.79. The van der Waals surface area contributed by atoms with Crippen molar-refractivity contribution in [2.24, 2.45) is 0 Å². The van der Waals surface area contributed by atoms with Crippen molar-refractivity contribution in [2.45, 2.75) is 11.3 Å². The molecule has 2 rings (SSSR count). The van der Waals surface area contributed by atoms with E-state index in [1.54, 1.807) is 30.5 Å². The molecule has 1 unspecified atom stereocenters. The van der Waals surface area contributed by atoms with E-state index in [4.69, 9.17) is 0 Å². The van der Waals surface area contributed by atoms with Gasteiger partial charge in [-0.15, -0.1) is 0 Å². The molecule has 0 amide bonds. The van der Waals surface area contributed by atoms with Crippen molar-refractivity contribution in [1.82, 2.24) is 0 Å². The first kappa shape index (κ1) is 13.8. The van der Waals surface area contributed by atoms with Crippen LogP contribution in [0.3, 0.4) is 0 Å². The molecule has 0 aliphatic carbocycles. The van der Waals surface area contributed by atoms with E-state index >= 15 is 0 Å². The Balaban J connectivity index is 2.08. The maximum absolute atomic E-state index is 12.8. The number of rotatable bonds is 4. The van der Waals surface area contributed by atoms with Gasteiger partial charge in [0.25, 0.3) is 0 Å². The largest absolute Gasteiger partial charge is 0.612 e. The fourth-order valence-corrected chi connectivity index (χ4v) is 2.24. The van der Waals surface area contributed by atoms with E-state index in [1.807, 2.05) is 0 Å². The van der Waals surface area contributed by atoms with Gasteiger partial charge < -0.3 is 4.55 Å². The monoisotopic (exact) mass is 276 g/mol. The van der Waals surface area contributed by atoms with Crippen molar-refractivity contribution in [3.63, 3.8) is 0 Å². The lowest BCUT2D eigenvalue weighted by Crippen LogP contribution is -2.04. The molecule has 98 valence electrons. The summed E-state index contributed by atoms with van der Waals surface area (Å²) in [5.74, 6) is -0.420. The molecule has 0 fully saturated rings. The molecule has 2 aromatic rings. The molecular weight excluding hydrogens is 263 g/mol. The van der Waals surface area contributed by atoms with Crippen LogP contribution in [0.15, 0.2) is 53.4 Å². The third kappa shape index (κ3) is 3.66. The average molecular weight is 276 g/mol. The minimum Gasteiger partial charge on any atom is -0.612 e. The van der Waals surface area contributed by atoms with Crippen LogP contribution >= 0.6 is 0 Å². The minimum atomic E-state index is -1.02. The Bertz CT molecular complexity index is 562. The lowest BCUT2D eigenvalue weighted by atomic mass is 10.0. The van der Waals surface area contributed by atoms with E-state index < -0.39 is 11.2 Å². The topological polar surface area (TPSA) is 40.1 Å². The molecule has 0 aliphatic heterocycles. The number of ketones is 1. The molecular formula is C15H13FO2S. The molecule has 0 heterocycles. The second-order valence-electron chi connectivity index (χ2n) is 4.20. The van der Waals surface area contributed by atoms with Gasteiger partial charge in [0, 0.05) is 12.0 Å². The van der Waals surface area contributed by atoms with Crippen LogP contribution in [0.2, 0.25) is 0 Å². The van der Waals surface area contributed by atoms with Crippen LogP contribution in [0.1, 0.15) is 15.9 Å². The Labute approximate surface area is 114 Å². The molecule has 19 heavy (non-hydrogen) atoms. The molecule has 0 radical (unpaired) electrons. The molecule has 0 aromatic heterocycles. The molecule has 0 aliphatic rings. The fraction of sp³-hybridized carbons (Fsp3) is 0.133. The van der Waals surface area contributed by atoms with Gasteiger partial charge in [-0.05, 0) is 53.1 Å². The summed E-state index contributed by atoms with van der Waals surface area (Å²) in [7, 11) is 0. The van der Waals surface area contributed by atoms with E-state index in [-0.39, 0.29) is 18.0 Å². The van der Waals surface area contributed by atoms with Crippen molar-refractivity contribution >= 4 is 17.0 Å². The SMILES string of the molecule is C[S+]([O-])c1ccc(CC(=O)c2ccc(F)cc2)cc1. The smallest absolute Gasteiger partial charge is 0.167 e. The normalized spacial score (nSPS) is 12.2. The van der Waals surface area contributed by atoms with Gasteiger partial charge >= 0.3 is 0 Å². The number of carbonyl (C=O) groups is 1. The number of Topliss-reactive ketones (excluding diaryl/α,β-unsaturated/α-hetero) is 1. The van der Waals surface area contributed by atoms with E-state index in [0.717, 1.165) is 10.5 Å². The van der Waals surface area contributed by atoms with Crippen molar-refractivity contribution in [1.29, 1.82) is 0 Å². The average Bonchev–Trinajstić information content (AvgIpc) is 2.40. The standard InChI is InChI=1S/C15H13FO2S/c1-19(18)14-8-2-11(3-9-14)10-15(17)12-4-6-13(16)7-5-12/h2-9H,10H2,1H3. The van der Waals surface area contributed by atoms with Crippen LogP contribution in [0.25, 0.3) is 0 Å². The predicted octanol–water partition coefficient (Wildman–Crippen LogP) is 2.99. The van der Waals surface area contributed by atoms with Crippen molar-refractivity contribution in [3.8, 4) is 0 Å². The van der Waals surface area contributed by atoms with Crippen molar-refractivity contribution in [2.75, 3.05) is 6.26 Å². The highest BCUT2D eigenvalue weighted by Gasteiger charge is 2.09. The molecule has 0 saturated heterocycles. The van der Waals surface area contributed by atoms with Gasteiger partial charge in [0.1, 0.15) is 12.1 Å². The van der Waals surface area contributed by atoms with Crippen LogP contribution in [-0.2, 0) is 17.6 Å². The Hall–Kier alpha value is -1.65. The van der Waals surface area contributed by atoms with Gasteiger partial charge in [0.2, 0.25) is 0 Å². The lowest BCUT2D eigenvalue weighted by molar-refractivity contribution is 0.0993. The zero-order valence-electron chi connectivity index (χ0n) is 10.4. The summed E-state index contributed by atoms with van der Waals surface area (Å²) in [6.45, 7) is 0. The van der Waals surface area contributed by atoms with Crippen LogP contribution in [-0.4, -0.2) is 16.6 Å². The number of hydrogen-bond donors (Lipinski definition) is 0. The van der Waals surface area contributed by atoms with Crippen LogP contribution in [0, 0.1) is 5.82 Å². The first-order valence-electron chi connectivity index (χ1n) is 5.77. The summed E-state index contributed by atoms with van der Waals surface area (Å²) in [4.78, 5) is 12.7. The molecule has 0 saturated carbocycles. The second-order valence-corrected chi connectivity index (χ2v) is 5.58. The molecule has 0 bridgehead atoms. The van der Waals surface area contributed by atoms with Gasteiger partial charge in [-0.3, -0.25) is 4.79 Å². The third-order valence-corrected chi connectivity index (χ3v) is 3.72. The zero-order chi connectivity index (χ0) is 13.8. The van der Waals surface area contributed by atoms with Crippen molar-refractivity contribution < 1.29 is 13.7 Å². The van der Waals surface area contributed by atoms with E-state index in [0.29, 0.717) is 5.56 Å². The van der Waals surface area contributed by atoms with Gasteiger partial charge in [-0.2, -0.15) is 0 Å². The highest BCUT2D eigenvalue weighted by atomic mass is 32.2. The summed E-state index contributed by atoms with van der Waals surface area (Å²) in [5, 5.41) is 0. The summed E-state index contributed by atoms with van der Waals surface area (Å²) < 4.78 is 24.0. The molecule has 0 spiro atoms. The Morgan fingerprint density at radius 2 is 1.68 bits per heavy atom. The Kier molecular flexibility index (Phi) is 4.35. The summed E-state index contributed by atoms with van der Waals surface area (Å²) in [6, 6.07) is 12.6. The number of hydrogen-bond acceptors (Lipinski definition) is 2. The number of carbonyl (C=O) groups excluding carboxylic acids is 1. The Morgan fingerprint density at radius 1 is 1.11 bits per heavy atom. The van der Waals surface area contributed by atoms with E-state index in [2.05, 4.69) is 0 Å². The summed E-state index contributed by atoms with van der Waals surface area (Å²) in [5.41, 5.74) is 1.34. The maximum atomic E-state index is 12.8. The quantitative estimate of drug-likeness (QED) is 0.636. The van der Waals surface area contributed by atoms with Crippen molar-refractivity contribution in [3.05, 3.63) is 65.5 Å². The van der Waals surface area contributed by atoms with Crippen LogP contribution in [0.5, 0.6) is 0 Å². The maximum Gasteiger partial charge on any atom is 0.167 e.